The van der Waals surface area contributed by atoms with Crippen LogP contribution in [0.4, 0.5) is 5.69 Å². The fourth-order valence-electron chi connectivity index (χ4n) is 3.09. The third-order valence-electron chi connectivity index (χ3n) is 4.32. The van der Waals surface area contributed by atoms with E-state index in [2.05, 4.69) is 12.0 Å². The first-order valence-electron chi connectivity index (χ1n) is 9.76. The Morgan fingerprint density at radius 1 is 0.964 bits per heavy atom. The predicted octanol–water partition coefficient (Wildman–Crippen LogP) is 5.07. The van der Waals surface area contributed by atoms with Gasteiger partial charge in [0.25, 0.3) is 5.91 Å². The highest BCUT2D eigenvalue weighted by atomic mass is 16.5. The number of para-hydroxylation sites is 1. The van der Waals surface area contributed by atoms with Crippen LogP contribution in [0.15, 0.2) is 59.2 Å². The molecule has 5 nitrogen and oxygen atoms in total. The van der Waals surface area contributed by atoms with E-state index in [1.165, 1.54) is 5.01 Å². The molecule has 0 spiro atoms. The maximum Gasteiger partial charge on any atom is 0.280 e. The standard InChI is InChI=1S/C23H26N2O3/c1-4-10-20-19(23(26)25(24-20)18-11-8-7-9-12-18)15-17-13-14-21(27-5-2)22(16-17)28-6-3/h7-9,11-16H,4-6,10H2,1-3H3/b19-15+. The second kappa shape index (κ2) is 9.22. The van der Waals surface area contributed by atoms with Gasteiger partial charge < -0.3 is 9.47 Å². The molecule has 0 N–H and O–H groups in total. The molecule has 0 saturated carbocycles. The summed E-state index contributed by atoms with van der Waals surface area (Å²) in [6, 6.07) is 15.2. The molecule has 1 aliphatic rings. The number of hydrogen-bond acceptors (Lipinski definition) is 4. The van der Waals surface area contributed by atoms with E-state index < -0.39 is 0 Å². The highest BCUT2D eigenvalue weighted by Crippen LogP contribution is 2.31. The van der Waals surface area contributed by atoms with Gasteiger partial charge in [-0.05, 0) is 56.2 Å². The van der Waals surface area contributed by atoms with Crippen LogP contribution in [-0.2, 0) is 4.79 Å². The molecule has 0 radical (unpaired) electrons. The van der Waals surface area contributed by atoms with Gasteiger partial charge in [0.2, 0.25) is 0 Å². The first-order chi connectivity index (χ1) is 13.7. The van der Waals surface area contributed by atoms with Crippen LogP contribution in [-0.4, -0.2) is 24.8 Å². The van der Waals surface area contributed by atoms with Gasteiger partial charge in [0, 0.05) is 0 Å². The molecule has 0 bridgehead atoms. The lowest BCUT2D eigenvalue weighted by Gasteiger charge is -2.12. The summed E-state index contributed by atoms with van der Waals surface area (Å²) < 4.78 is 11.3. The normalized spacial score (nSPS) is 15.1. The number of ether oxygens (including phenoxy) is 2. The number of anilines is 1. The summed E-state index contributed by atoms with van der Waals surface area (Å²) in [7, 11) is 0. The Morgan fingerprint density at radius 3 is 2.36 bits per heavy atom. The zero-order chi connectivity index (χ0) is 19.9. The van der Waals surface area contributed by atoms with E-state index in [1.54, 1.807) is 0 Å². The Kier molecular flexibility index (Phi) is 6.48. The number of rotatable bonds is 8. The second-order valence-electron chi connectivity index (χ2n) is 6.38. The van der Waals surface area contributed by atoms with Crippen LogP contribution in [0, 0.1) is 0 Å². The number of benzene rings is 2. The highest BCUT2D eigenvalue weighted by Gasteiger charge is 2.30. The van der Waals surface area contributed by atoms with Gasteiger partial charge >= 0.3 is 0 Å². The minimum absolute atomic E-state index is 0.110. The van der Waals surface area contributed by atoms with Crippen molar-refractivity contribution in [3.8, 4) is 11.5 Å². The lowest BCUT2D eigenvalue weighted by molar-refractivity contribution is -0.114. The van der Waals surface area contributed by atoms with Crippen LogP contribution >= 0.6 is 0 Å². The molecular formula is C23H26N2O3. The number of carbonyl (C=O) groups excluding carboxylic acids is 1. The van der Waals surface area contributed by atoms with Gasteiger partial charge in [0.05, 0.1) is 30.2 Å². The Labute approximate surface area is 166 Å². The topological polar surface area (TPSA) is 51.1 Å². The maximum absolute atomic E-state index is 13.1. The number of amides is 1. The number of nitrogens with zero attached hydrogens (tertiary/aromatic N) is 2. The van der Waals surface area contributed by atoms with Crippen molar-refractivity contribution in [2.75, 3.05) is 18.2 Å². The van der Waals surface area contributed by atoms with Crippen LogP contribution < -0.4 is 14.5 Å². The molecule has 0 unspecified atom stereocenters. The number of hydrazone groups is 1. The highest BCUT2D eigenvalue weighted by molar-refractivity contribution is 6.32. The molecule has 0 aliphatic carbocycles. The van der Waals surface area contributed by atoms with E-state index in [-0.39, 0.29) is 5.91 Å². The van der Waals surface area contributed by atoms with Crippen molar-refractivity contribution in [1.29, 1.82) is 0 Å². The van der Waals surface area contributed by atoms with E-state index in [9.17, 15) is 4.79 Å². The molecule has 146 valence electrons. The number of carbonyl (C=O) groups is 1. The lowest BCUT2D eigenvalue weighted by atomic mass is 10.0. The van der Waals surface area contributed by atoms with E-state index in [1.807, 2.05) is 68.5 Å². The molecule has 0 saturated heterocycles. The Balaban J connectivity index is 1.96. The molecule has 0 fully saturated rings. The Bertz CT molecular complexity index is 888. The summed E-state index contributed by atoms with van der Waals surface area (Å²) >= 11 is 0. The monoisotopic (exact) mass is 378 g/mol. The predicted molar refractivity (Wildman–Crippen MR) is 113 cm³/mol. The van der Waals surface area contributed by atoms with Crippen LogP contribution in [0.5, 0.6) is 11.5 Å². The van der Waals surface area contributed by atoms with Crippen LogP contribution in [0.2, 0.25) is 0 Å². The van der Waals surface area contributed by atoms with Gasteiger partial charge in [0.1, 0.15) is 0 Å². The van der Waals surface area contributed by atoms with E-state index >= 15 is 0 Å². The van der Waals surface area contributed by atoms with Gasteiger partial charge in [-0.15, -0.1) is 0 Å². The summed E-state index contributed by atoms with van der Waals surface area (Å²) in [5.41, 5.74) is 3.08. The Morgan fingerprint density at radius 2 is 1.68 bits per heavy atom. The van der Waals surface area contributed by atoms with Crippen molar-refractivity contribution in [3.05, 3.63) is 59.7 Å². The van der Waals surface area contributed by atoms with Crippen molar-refractivity contribution in [2.45, 2.75) is 33.6 Å². The number of hydrogen-bond donors (Lipinski definition) is 0. The SMILES string of the molecule is CCCC1=NN(c2ccccc2)C(=O)/C1=C/c1ccc(OCC)c(OCC)c1. The average Bonchev–Trinajstić information content (AvgIpc) is 3.01. The van der Waals surface area contributed by atoms with Crippen LogP contribution in [0.25, 0.3) is 6.08 Å². The van der Waals surface area contributed by atoms with Gasteiger partial charge in [-0.25, -0.2) is 0 Å². The zero-order valence-electron chi connectivity index (χ0n) is 16.6. The van der Waals surface area contributed by atoms with Crippen molar-refractivity contribution in [3.63, 3.8) is 0 Å². The summed E-state index contributed by atoms with van der Waals surface area (Å²) in [5.74, 6) is 1.28. The summed E-state index contributed by atoms with van der Waals surface area (Å²) in [6.07, 6.45) is 3.55. The fraction of sp³-hybridized carbons (Fsp3) is 0.304. The molecule has 2 aromatic carbocycles. The maximum atomic E-state index is 13.1. The van der Waals surface area contributed by atoms with Crippen molar-refractivity contribution < 1.29 is 14.3 Å². The van der Waals surface area contributed by atoms with Gasteiger partial charge in [-0.1, -0.05) is 37.6 Å². The molecule has 2 aromatic rings. The van der Waals surface area contributed by atoms with Gasteiger partial charge in [0.15, 0.2) is 11.5 Å². The second-order valence-corrected chi connectivity index (χ2v) is 6.38. The molecule has 0 atom stereocenters. The molecule has 0 aromatic heterocycles. The fourth-order valence-corrected chi connectivity index (χ4v) is 3.09. The molecule has 1 aliphatic heterocycles. The van der Waals surface area contributed by atoms with E-state index in [0.717, 1.165) is 29.8 Å². The first-order valence-corrected chi connectivity index (χ1v) is 9.76. The third-order valence-corrected chi connectivity index (χ3v) is 4.32. The van der Waals surface area contributed by atoms with Crippen molar-refractivity contribution in [2.24, 2.45) is 5.10 Å². The van der Waals surface area contributed by atoms with Gasteiger partial charge in [-0.2, -0.15) is 10.1 Å². The van der Waals surface area contributed by atoms with E-state index in [4.69, 9.17) is 9.47 Å². The largest absolute Gasteiger partial charge is 0.490 e. The Hall–Kier alpha value is -3.08. The lowest BCUT2D eigenvalue weighted by Crippen LogP contribution is -2.21. The van der Waals surface area contributed by atoms with Crippen LogP contribution in [0.3, 0.4) is 0 Å². The van der Waals surface area contributed by atoms with Gasteiger partial charge in [-0.3, -0.25) is 4.79 Å². The molecule has 5 heteroatoms. The minimum atomic E-state index is -0.110. The summed E-state index contributed by atoms with van der Waals surface area (Å²) in [6.45, 7) is 7.07. The molecule has 28 heavy (non-hydrogen) atoms. The smallest absolute Gasteiger partial charge is 0.280 e. The quantitative estimate of drug-likeness (QED) is 0.603. The first kappa shape index (κ1) is 19.7. The molecule has 3 rings (SSSR count). The molecular weight excluding hydrogens is 352 g/mol. The van der Waals surface area contributed by atoms with Crippen molar-refractivity contribution in [1.82, 2.24) is 0 Å². The summed E-state index contributed by atoms with van der Waals surface area (Å²) in [4.78, 5) is 13.1. The van der Waals surface area contributed by atoms with Crippen molar-refractivity contribution >= 4 is 23.4 Å². The van der Waals surface area contributed by atoms with E-state index in [0.29, 0.717) is 30.3 Å². The molecule has 1 amide bonds. The average molecular weight is 378 g/mol. The minimum Gasteiger partial charge on any atom is -0.490 e. The molecule has 1 heterocycles. The summed E-state index contributed by atoms with van der Waals surface area (Å²) in [5, 5.41) is 6.07. The van der Waals surface area contributed by atoms with Crippen LogP contribution in [0.1, 0.15) is 39.2 Å². The third kappa shape index (κ3) is 4.25. The zero-order valence-corrected chi connectivity index (χ0v) is 16.6.